The Balaban J connectivity index is 1.42. The predicted octanol–water partition coefficient (Wildman–Crippen LogP) is 2.57. The first-order chi connectivity index (χ1) is 12.7. The Kier molecular flexibility index (Phi) is 6.52. The second-order valence-corrected chi connectivity index (χ2v) is 6.94. The molecule has 1 saturated heterocycles. The van der Waals surface area contributed by atoms with E-state index in [2.05, 4.69) is 19.9 Å². The fraction of sp³-hybridized carbons (Fsp3) is 0.500. The fourth-order valence-corrected chi connectivity index (χ4v) is 3.43. The highest BCUT2D eigenvalue weighted by molar-refractivity contribution is 5.75. The first kappa shape index (κ1) is 18.3. The van der Waals surface area contributed by atoms with Crippen molar-refractivity contribution in [2.24, 2.45) is 5.92 Å². The van der Waals surface area contributed by atoms with E-state index in [4.69, 9.17) is 0 Å². The molecule has 0 aromatic carbocycles. The number of carbonyl (C=O) groups excluding carboxylic acids is 1. The Morgan fingerprint density at radius 2 is 2.19 bits per heavy atom. The summed E-state index contributed by atoms with van der Waals surface area (Å²) in [7, 11) is 1.89. The van der Waals surface area contributed by atoms with Crippen LogP contribution in [0.3, 0.4) is 0 Å². The number of carbonyl (C=O) groups is 1. The van der Waals surface area contributed by atoms with E-state index in [1.165, 1.54) is 6.42 Å². The van der Waals surface area contributed by atoms with E-state index in [-0.39, 0.29) is 5.91 Å². The predicted molar refractivity (Wildman–Crippen MR) is 102 cm³/mol. The monoisotopic (exact) mass is 353 g/mol. The molecule has 1 fully saturated rings. The van der Waals surface area contributed by atoms with Crippen molar-refractivity contribution < 1.29 is 4.79 Å². The van der Waals surface area contributed by atoms with Gasteiger partial charge >= 0.3 is 0 Å². The highest BCUT2D eigenvalue weighted by atomic mass is 16.2. The Morgan fingerprint density at radius 3 is 2.96 bits per heavy atom. The van der Waals surface area contributed by atoms with Crippen molar-refractivity contribution in [3.63, 3.8) is 0 Å². The maximum absolute atomic E-state index is 12.4. The van der Waals surface area contributed by atoms with Crippen molar-refractivity contribution in [1.82, 2.24) is 19.9 Å². The first-order valence-electron chi connectivity index (χ1n) is 9.37. The lowest BCUT2D eigenvalue weighted by atomic mass is 9.93. The van der Waals surface area contributed by atoms with Gasteiger partial charge in [-0.3, -0.25) is 14.8 Å². The molecular formula is C20H27N5O. The molecule has 1 atom stereocenters. The zero-order valence-electron chi connectivity index (χ0n) is 15.4. The van der Waals surface area contributed by atoms with Gasteiger partial charge in [0.2, 0.25) is 5.91 Å². The van der Waals surface area contributed by atoms with Gasteiger partial charge in [0.15, 0.2) is 0 Å². The zero-order chi connectivity index (χ0) is 18.2. The molecule has 6 heteroatoms. The van der Waals surface area contributed by atoms with Crippen LogP contribution < -0.4 is 4.90 Å². The number of hydrogen-bond donors (Lipinski definition) is 0. The summed E-state index contributed by atoms with van der Waals surface area (Å²) in [5, 5.41) is 0. The number of anilines is 1. The van der Waals surface area contributed by atoms with E-state index >= 15 is 0 Å². The number of amides is 1. The SMILES string of the molecule is CN(CCc1ccccn1)C(=O)CCC1CCCN(c2cnccn2)C1. The van der Waals surface area contributed by atoms with Crippen LogP contribution in [-0.2, 0) is 11.2 Å². The standard InChI is InChI=1S/C20H27N5O/c1-24(14-9-18-6-2-3-10-22-18)20(26)8-7-17-5-4-13-25(16-17)19-15-21-11-12-23-19/h2-3,6,10-12,15,17H,4-5,7-9,13-14,16H2,1H3. The number of piperidine rings is 1. The molecule has 1 aliphatic heterocycles. The summed E-state index contributed by atoms with van der Waals surface area (Å²) in [6, 6.07) is 5.89. The molecular weight excluding hydrogens is 326 g/mol. The van der Waals surface area contributed by atoms with Crippen LogP contribution in [0.25, 0.3) is 0 Å². The van der Waals surface area contributed by atoms with E-state index < -0.39 is 0 Å². The molecule has 6 nitrogen and oxygen atoms in total. The van der Waals surface area contributed by atoms with E-state index in [0.29, 0.717) is 18.9 Å². The van der Waals surface area contributed by atoms with Crippen LogP contribution in [0, 0.1) is 5.92 Å². The molecule has 138 valence electrons. The molecule has 0 saturated carbocycles. The molecule has 0 spiro atoms. The zero-order valence-corrected chi connectivity index (χ0v) is 15.4. The summed E-state index contributed by atoms with van der Waals surface area (Å²) in [6.45, 7) is 2.70. The maximum Gasteiger partial charge on any atom is 0.222 e. The van der Waals surface area contributed by atoms with E-state index in [9.17, 15) is 4.79 Å². The van der Waals surface area contributed by atoms with Crippen LogP contribution in [0.15, 0.2) is 43.0 Å². The van der Waals surface area contributed by atoms with Crippen LogP contribution in [0.1, 0.15) is 31.4 Å². The molecule has 3 rings (SSSR count). The minimum Gasteiger partial charge on any atom is -0.355 e. The van der Waals surface area contributed by atoms with E-state index in [1.807, 2.05) is 36.3 Å². The molecule has 2 aromatic heterocycles. The van der Waals surface area contributed by atoms with Crippen LogP contribution in [-0.4, -0.2) is 52.4 Å². The second kappa shape index (κ2) is 9.27. The third kappa shape index (κ3) is 5.25. The highest BCUT2D eigenvalue weighted by Crippen LogP contribution is 2.24. The molecule has 0 aliphatic carbocycles. The fourth-order valence-electron chi connectivity index (χ4n) is 3.43. The van der Waals surface area contributed by atoms with Crippen molar-refractivity contribution in [2.45, 2.75) is 32.1 Å². The lowest BCUT2D eigenvalue weighted by Gasteiger charge is -2.33. The van der Waals surface area contributed by atoms with Gasteiger partial charge < -0.3 is 9.80 Å². The Labute approximate surface area is 155 Å². The summed E-state index contributed by atoms with van der Waals surface area (Å²) >= 11 is 0. The number of aromatic nitrogens is 3. The minimum absolute atomic E-state index is 0.220. The van der Waals surface area contributed by atoms with E-state index in [0.717, 1.165) is 43.9 Å². The largest absolute Gasteiger partial charge is 0.355 e. The van der Waals surface area contributed by atoms with E-state index in [1.54, 1.807) is 18.6 Å². The third-order valence-electron chi connectivity index (χ3n) is 5.01. The summed E-state index contributed by atoms with van der Waals surface area (Å²) in [5.41, 5.74) is 1.03. The van der Waals surface area contributed by atoms with Gasteiger partial charge in [0, 0.05) is 63.8 Å². The quantitative estimate of drug-likeness (QED) is 0.765. The molecule has 0 bridgehead atoms. The molecule has 0 radical (unpaired) electrons. The number of rotatable bonds is 7. The Morgan fingerprint density at radius 1 is 1.27 bits per heavy atom. The van der Waals surface area contributed by atoms with Gasteiger partial charge in [-0.2, -0.15) is 0 Å². The molecule has 1 aliphatic rings. The highest BCUT2D eigenvalue weighted by Gasteiger charge is 2.22. The van der Waals surface area contributed by atoms with Crippen molar-refractivity contribution >= 4 is 11.7 Å². The average Bonchev–Trinajstić information content (AvgIpc) is 2.72. The van der Waals surface area contributed by atoms with Gasteiger partial charge in [0.05, 0.1) is 6.20 Å². The van der Waals surface area contributed by atoms with Crippen LogP contribution >= 0.6 is 0 Å². The Hall–Kier alpha value is -2.50. The number of nitrogens with zero attached hydrogens (tertiary/aromatic N) is 5. The third-order valence-corrected chi connectivity index (χ3v) is 5.01. The van der Waals surface area contributed by atoms with Crippen LogP contribution in [0.5, 0.6) is 0 Å². The van der Waals surface area contributed by atoms with Gasteiger partial charge in [-0.25, -0.2) is 4.98 Å². The van der Waals surface area contributed by atoms with Gasteiger partial charge in [-0.15, -0.1) is 0 Å². The smallest absolute Gasteiger partial charge is 0.222 e. The van der Waals surface area contributed by atoms with Crippen molar-refractivity contribution in [1.29, 1.82) is 0 Å². The Bertz CT molecular complexity index is 679. The molecule has 26 heavy (non-hydrogen) atoms. The molecule has 1 amide bonds. The molecule has 3 heterocycles. The summed E-state index contributed by atoms with van der Waals surface area (Å²) < 4.78 is 0. The van der Waals surface area contributed by atoms with Gasteiger partial charge in [-0.1, -0.05) is 6.07 Å². The summed E-state index contributed by atoms with van der Waals surface area (Å²) in [5.74, 6) is 1.70. The topological polar surface area (TPSA) is 62.2 Å². The number of likely N-dealkylation sites (N-methyl/N-ethyl adjacent to an activating group) is 1. The van der Waals surface area contributed by atoms with Crippen LogP contribution in [0.4, 0.5) is 5.82 Å². The minimum atomic E-state index is 0.220. The molecule has 2 aromatic rings. The molecule has 1 unspecified atom stereocenters. The van der Waals surface area contributed by atoms with Crippen LogP contribution in [0.2, 0.25) is 0 Å². The van der Waals surface area contributed by atoms with Crippen molar-refractivity contribution in [3.8, 4) is 0 Å². The second-order valence-electron chi connectivity index (χ2n) is 6.94. The normalized spacial score (nSPS) is 17.1. The lowest BCUT2D eigenvalue weighted by molar-refractivity contribution is -0.130. The van der Waals surface area contributed by atoms with Crippen molar-refractivity contribution in [2.75, 3.05) is 31.6 Å². The first-order valence-corrected chi connectivity index (χ1v) is 9.37. The van der Waals surface area contributed by atoms with Gasteiger partial charge in [-0.05, 0) is 37.3 Å². The number of pyridine rings is 1. The van der Waals surface area contributed by atoms with Gasteiger partial charge in [0.25, 0.3) is 0 Å². The average molecular weight is 353 g/mol. The van der Waals surface area contributed by atoms with Crippen molar-refractivity contribution in [3.05, 3.63) is 48.7 Å². The number of hydrogen-bond acceptors (Lipinski definition) is 5. The summed E-state index contributed by atoms with van der Waals surface area (Å²) in [4.78, 5) is 29.4. The van der Waals surface area contributed by atoms with Gasteiger partial charge in [0.1, 0.15) is 5.82 Å². The molecule has 0 N–H and O–H groups in total. The maximum atomic E-state index is 12.4. The lowest BCUT2D eigenvalue weighted by Crippen LogP contribution is -2.37. The summed E-state index contributed by atoms with van der Waals surface area (Å²) in [6.07, 6.45) is 11.7.